The van der Waals surface area contributed by atoms with Crippen LogP contribution in [0, 0.1) is 0 Å². The van der Waals surface area contributed by atoms with Crippen LogP contribution in [0.4, 0.5) is 29.2 Å². The summed E-state index contributed by atoms with van der Waals surface area (Å²) in [5.74, 6) is 1.19. The van der Waals surface area contributed by atoms with E-state index in [1.54, 1.807) is 36.5 Å². The van der Waals surface area contributed by atoms with E-state index in [4.69, 9.17) is 27.9 Å². The maximum Gasteiger partial charge on any atom is 0.261 e. The van der Waals surface area contributed by atoms with E-state index in [-0.39, 0.29) is 29.1 Å². The number of nitrogens with zero attached hydrogens (tertiary/aromatic N) is 6. The van der Waals surface area contributed by atoms with Gasteiger partial charge in [-0.1, -0.05) is 0 Å². The minimum Gasteiger partial charge on any atom is -0.338 e. The van der Waals surface area contributed by atoms with Gasteiger partial charge in [-0.2, -0.15) is 20.1 Å². The van der Waals surface area contributed by atoms with Crippen LogP contribution in [-0.4, -0.2) is 83.9 Å². The zero-order chi connectivity index (χ0) is 29.4. The smallest absolute Gasteiger partial charge is 0.261 e. The van der Waals surface area contributed by atoms with E-state index in [1.807, 2.05) is 9.80 Å². The Hall–Kier alpha value is -4.09. The first-order valence-electron chi connectivity index (χ1n) is 13.7. The lowest BCUT2D eigenvalue weighted by atomic mass is 10.0. The number of H-pyrrole nitrogens is 1. The van der Waals surface area contributed by atoms with Gasteiger partial charge in [0.25, 0.3) is 10.0 Å². The maximum atomic E-state index is 13.1. The van der Waals surface area contributed by atoms with Crippen molar-refractivity contribution in [3.63, 3.8) is 0 Å². The minimum atomic E-state index is -3.83. The third kappa shape index (κ3) is 5.93. The van der Waals surface area contributed by atoms with Gasteiger partial charge >= 0.3 is 0 Å². The molecule has 4 aromatic rings. The second-order valence-electron chi connectivity index (χ2n) is 10.9. The number of fused-ring (bicyclic) bond motifs is 1. The van der Waals surface area contributed by atoms with E-state index in [2.05, 4.69) is 30.2 Å². The summed E-state index contributed by atoms with van der Waals surface area (Å²) in [5.41, 5.74) is 26.5. The Morgan fingerprint density at radius 1 is 0.881 bits per heavy atom. The van der Waals surface area contributed by atoms with Gasteiger partial charge < -0.3 is 38.1 Å². The molecule has 2 aliphatic heterocycles. The van der Waals surface area contributed by atoms with Crippen LogP contribution in [0.5, 0.6) is 0 Å². The van der Waals surface area contributed by atoms with E-state index in [0.717, 1.165) is 23.7 Å². The molecule has 16 heteroatoms. The quantitative estimate of drug-likeness (QED) is 0.143. The molecule has 4 heterocycles. The van der Waals surface area contributed by atoms with Crippen molar-refractivity contribution in [2.24, 2.45) is 22.9 Å². The minimum absolute atomic E-state index is 0.0000564. The lowest BCUT2D eigenvalue weighted by molar-refractivity contribution is 0.447. The third-order valence-corrected chi connectivity index (χ3v) is 8.90. The van der Waals surface area contributed by atoms with E-state index >= 15 is 0 Å². The molecule has 42 heavy (non-hydrogen) atoms. The van der Waals surface area contributed by atoms with Crippen LogP contribution in [0.3, 0.4) is 0 Å². The highest BCUT2D eigenvalue weighted by molar-refractivity contribution is 7.92. The Labute approximate surface area is 243 Å². The molecular weight excluding hydrogens is 558 g/mol. The van der Waals surface area contributed by atoms with Gasteiger partial charge in [0.05, 0.1) is 22.3 Å². The average Bonchev–Trinajstić information content (AvgIpc) is 3.58. The highest BCUT2D eigenvalue weighted by Gasteiger charge is 2.33. The summed E-state index contributed by atoms with van der Waals surface area (Å²) in [5, 5.41) is 10.9. The fourth-order valence-corrected chi connectivity index (χ4v) is 6.55. The van der Waals surface area contributed by atoms with Gasteiger partial charge in [0.1, 0.15) is 0 Å². The number of hydrogen-bond acceptors (Lipinski definition) is 13. The van der Waals surface area contributed by atoms with Crippen LogP contribution in [0.15, 0.2) is 53.6 Å². The Morgan fingerprint density at radius 2 is 1.57 bits per heavy atom. The summed E-state index contributed by atoms with van der Waals surface area (Å²) in [7, 11) is -3.83. The van der Waals surface area contributed by atoms with Crippen LogP contribution >= 0.6 is 0 Å². The SMILES string of the molecule is NC[C@@H]1C[C@H](N)CN1c1nc(Nc2ccc(S(=O)(=O)Nc3ccc4cn[nH]c4c3)cc2)nc(N2C[C@H](N)C[C@H](N)C2)n1. The zero-order valence-electron chi connectivity index (χ0n) is 22.9. The highest BCUT2D eigenvalue weighted by atomic mass is 32.2. The van der Waals surface area contributed by atoms with Gasteiger partial charge in [0, 0.05) is 61.4 Å². The number of benzene rings is 2. The van der Waals surface area contributed by atoms with E-state index in [0.29, 0.717) is 55.4 Å². The topological polar surface area (TPSA) is 236 Å². The van der Waals surface area contributed by atoms with Crippen LogP contribution in [-0.2, 0) is 10.0 Å². The first kappa shape index (κ1) is 28.0. The molecule has 0 aliphatic carbocycles. The number of piperidine rings is 1. The Balaban J connectivity index is 1.25. The summed E-state index contributed by atoms with van der Waals surface area (Å²) < 4.78 is 28.7. The van der Waals surface area contributed by atoms with Crippen LogP contribution in [0.25, 0.3) is 10.9 Å². The van der Waals surface area contributed by atoms with Crippen molar-refractivity contribution < 1.29 is 8.42 Å². The molecule has 0 amide bonds. The van der Waals surface area contributed by atoms with E-state index in [9.17, 15) is 8.42 Å². The highest BCUT2D eigenvalue weighted by Crippen LogP contribution is 2.27. The molecule has 222 valence electrons. The fourth-order valence-electron chi connectivity index (χ4n) is 5.50. The number of sulfonamides is 1. The summed E-state index contributed by atoms with van der Waals surface area (Å²) >= 11 is 0. The maximum absolute atomic E-state index is 13.1. The molecule has 2 fully saturated rings. The number of nitrogens with one attached hydrogen (secondary N) is 3. The third-order valence-electron chi connectivity index (χ3n) is 7.50. The molecule has 2 saturated heterocycles. The van der Waals surface area contributed by atoms with Crippen molar-refractivity contribution >= 4 is 50.1 Å². The molecule has 2 aromatic heterocycles. The lowest BCUT2D eigenvalue weighted by Gasteiger charge is -2.35. The van der Waals surface area contributed by atoms with E-state index < -0.39 is 10.0 Å². The molecular formula is C26H35N13O2S. The number of nitrogens with two attached hydrogens (primary N) is 4. The average molecular weight is 594 g/mol. The zero-order valence-corrected chi connectivity index (χ0v) is 23.7. The summed E-state index contributed by atoms with van der Waals surface area (Å²) in [6.07, 6.45) is 3.13. The van der Waals surface area contributed by atoms with Crippen LogP contribution < -0.4 is 42.8 Å². The second-order valence-corrected chi connectivity index (χ2v) is 12.6. The number of rotatable bonds is 8. The standard InChI is InChI=1S/C26H35N13O2S/c27-10-21-8-18(30)14-39(21)26-34-24(33-25(35-26)38-12-16(28)7-17(29)13-38)32-19-3-5-22(6-4-19)42(40,41)37-20-2-1-15-11-31-36-23(15)9-20/h1-6,9,11,16-18,21,37H,7-8,10,12-14,27-30H2,(H,31,36)(H,32,33,34,35)/t16-,17+,18-,21-/m0/s1. The van der Waals surface area contributed by atoms with E-state index in [1.165, 1.54) is 12.1 Å². The number of aromatic amines is 1. The molecule has 2 aliphatic rings. The molecule has 15 nitrogen and oxygen atoms in total. The molecule has 6 rings (SSSR count). The predicted octanol–water partition coefficient (Wildman–Crippen LogP) is 0.0217. The van der Waals surface area contributed by atoms with Crippen molar-refractivity contribution in [2.45, 2.75) is 41.9 Å². The van der Waals surface area contributed by atoms with Gasteiger partial charge in [-0.05, 0) is 55.3 Å². The van der Waals surface area contributed by atoms with Gasteiger partial charge in [0.15, 0.2) is 0 Å². The van der Waals surface area contributed by atoms with Crippen molar-refractivity contribution in [2.75, 3.05) is 46.0 Å². The largest absolute Gasteiger partial charge is 0.338 e. The molecule has 0 spiro atoms. The van der Waals surface area contributed by atoms with Crippen molar-refractivity contribution in [1.82, 2.24) is 25.1 Å². The van der Waals surface area contributed by atoms with Crippen LogP contribution in [0.2, 0.25) is 0 Å². The van der Waals surface area contributed by atoms with Crippen molar-refractivity contribution in [3.05, 3.63) is 48.7 Å². The molecule has 2 aromatic carbocycles. The Kier molecular flexibility index (Phi) is 7.54. The van der Waals surface area contributed by atoms with Crippen molar-refractivity contribution in [1.29, 1.82) is 0 Å². The Bertz CT molecular complexity index is 1650. The van der Waals surface area contributed by atoms with Gasteiger partial charge in [-0.15, -0.1) is 0 Å². The van der Waals surface area contributed by atoms with Crippen LogP contribution in [0.1, 0.15) is 12.8 Å². The Morgan fingerprint density at radius 3 is 2.31 bits per heavy atom. The molecule has 11 N–H and O–H groups in total. The summed E-state index contributed by atoms with van der Waals surface area (Å²) in [4.78, 5) is 18.2. The molecule has 0 bridgehead atoms. The molecule has 0 unspecified atom stereocenters. The first-order valence-corrected chi connectivity index (χ1v) is 15.2. The lowest BCUT2D eigenvalue weighted by Crippen LogP contribution is -2.53. The summed E-state index contributed by atoms with van der Waals surface area (Å²) in [6.45, 7) is 2.10. The second kappa shape index (κ2) is 11.3. The van der Waals surface area contributed by atoms with Gasteiger partial charge in [-0.3, -0.25) is 9.82 Å². The molecule has 4 atom stereocenters. The number of aromatic nitrogens is 5. The first-order chi connectivity index (χ1) is 20.2. The summed E-state index contributed by atoms with van der Waals surface area (Å²) in [6, 6.07) is 11.2. The monoisotopic (exact) mass is 593 g/mol. The fraction of sp³-hybridized carbons (Fsp3) is 0.385. The normalized spacial score (nSPS) is 23.0. The number of anilines is 5. The van der Waals surface area contributed by atoms with Gasteiger partial charge in [0.2, 0.25) is 17.8 Å². The molecule has 0 radical (unpaired) electrons. The number of hydrogen-bond donors (Lipinski definition) is 7. The molecule has 0 saturated carbocycles. The van der Waals surface area contributed by atoms with Crippen molar-refractivity contribution in [3.8, 4) is 0 Å². The predicted molar refractivity (Wildman–Crippen MR) is 162 cm³/mol. The van der Waals surface area contributed by atoms with Gasteiger partial charge in [-0.25, -0.2) is 8.42 Å².